The predicted molar refractivity (Wildman–Crippen MR) is 124 cm³/mol. The Balaban J connectivity index is 1.48. The maximum Gasteiger partial charge on any atom is 0.423 e. The first-order valence-electron chi connectivity index (χ1n) is 10.7. The first-order chi connectivity index (χ1) is 17.0. The number of aryl methyl sites for hydroxylation is 1. The highest BCUT2D eigenvalue weighted by Gasteiger charge is 2.37. The first-order valence-corrected chi connectivity index (χ1v) is 10.7. The van der Waals surface area contributed by atoms with E-state index in [4.69, 9.17) is 5.73 Å². The lowest BCUT2D eigenvalue weighted by Gasteiger charge is -2.18. The third-order valence-corrected chi connectivity index (χ3v) is 5.47. The van der Waals surface area contributed by atoms with Gasteiger partial charge in [0.15, 0.2) is 5.82 Å². The fourth-order valence-corrected chi connectivity index (χ4v) is 3.79. The lowest BCUT2D eigenvalue weighted by molar-refractivity contribution is -0.138. The average Bonchev–Trinajstić information content (AvgIpc) is 2.80. The second kappa shape index (κ2) is 9.71. The van der Waals surface area contributed by atoms with Gasteiger partial charge in [0.05, 0.1) is 22.8 Å². The van der Waals surface area contributed by atoms with Gasteiger partial charge in [0.1, 0.15) is 17.7 Å². The van der Waals surface area contributed by atoms with E-state index in [0.29, 0.717) is 18.2 Å². The van der Waals surface area contributed by atoms with Crippen molar-refractivity contribution in [3.8, 4) is 11.4 Å². The molecule has 0 saturated heterocycles. The number of aromatic nitrogens is 6. The minimum absolute atomic E-state index is 0.0388. The molecule has 0 spiro atoms. The number of aromatic amines is 1. The van der Waals surface area contributed by atoms with E-state index in [-0.39, 0.29) is 29.3 Å². The molecule has 14 heteroatoms. The molecule has 3 aromatic heterocycles. The van der Waals surface area contributed by atoms with Crippen molar-refractivity contribution in [3.63, 3.8) is 0 Å². The van der Waals surface area contributed by atoms with Crippen LogP contribution >= 0.6 is 0 Å². The molecule has 0 amide bonds. The van der Waals surface area contributed by atoms with Crippen LogP contribution in [0, 0.1) is 5.82 Å². The molecule has 0 aliphatic rings. The number of H-pyrrole nitrogens is 1. The van der Waals surface area contributed by atoms with E-state index in [1.165, 1.54) is 10.6 Å². The van der Waals surface area contributed by atoms with E-state index in [9.17, 15) is 27.2 Å². The van der Waals surface area contributed by atoms with Crippen molar-refractivity contribution < 1.29 is 17.6 Å². The zero-order valence-corrected chi connectivity index (χ0v) is 18.8. The van der Waals surface area contributed by atoms with Crippen LogP contribution in [0.2, 0.25) is 0 Å². The van der Waals surface area contributed by atoms with Crippen molar-refractivity contribution in [2.75, 3.05) is 11.1 Å². The van der Waals surface area contributed by atoms with Crippen molar-refractivity contribution in [2.24, 2.45) is 0 Å². The van der Waals surface area contributed by atoms with Crippen LogP contribution in [0.25, 0.3) is 22.2 Å². The Bertz CT molecular complexity index is 1530. The van der Waals surface area contributed by atoms with Crippen molar-refractivity contribution in [3.05, 3.63) is 69.0 Å². The van der Waals surface area contributed by atoms with Crippen LogP contribution in [-0.4, -0.2) is 35.8 Å². The van der Waals surface area contributed by atoms with Gasteiger partial charge in [0.2, 0.25) is 5.95 Å². The van der Waals surface area contributed by atoms with Crippen LogP contribution in [0.15, 0.2) is 46.5 Å². The topological polar surface area (TPSA) is 144 Å². The fourth-order valence-electron chi connectivity index (χ4n) is 3.79. The molecule has 1 aromatic carbocycles. The number of nitrogens with one attached hydrogen (secondary N) is 2. The normalized spacial score (nSPS) is 12.6. The summed E-state index contributed by atoms with van der Waals surface area (Å²) in [7, 11) is 0. The lowest BCUT2D eigenvalue weighted by Crippen LogP contribution is -2.27. The van der Waals surface area contributed by atoms with Gasteiger partial charge in [0, 0.05) is 18.8 Å². The molecule has 0 aliphatic carbocycles. The van der Waals surface area contributed by atoms with Gasteiger partial charge in [-0.25, -0.2) is 19.5 Å². The zero-order chi connectivity index (χ0) is 26.0. The number of anilines is 2. The number of halogens is 4. The standard InChI is InChI=1S/C22H20F4N8O2/c1-11(31-16-9-30-33-19(35)17(16)22(24,25)26)3-2-5-34-6-4-12-7-14(15(23)8-13(12)20(34)36)18-28-10-29-21(27)32-18/h4,6-11H,2-3,5H2,1H3,(H2,31,33,35)(H2,27,28,29,32). The van der Waals surface area contributed by atoms with Crippen molar-refractivity contribution in [1.29, 1.82) is 0 Å². The number of benzene rings is 1. The number of hydrogen-bond donors (Lipinski definition) is 3. The molecule has 0 fully saturated rings. The van der Waals surface area contributed by atoms with Crippen molar-refractivity contribution in [2.45, 2.75) is 38.5 Å². The molecule has 0 bridgehead atoms. The van der Waals surface area contributed by atoms with Gasteiger partial charge in [-0.1, -0.05) is 0 Å². The summed E-state index contributed by atoms with van der Waals surface area (Å²) in [4.78, 5) is 36.0. The molecule has 10 nitrogen and oxygen atoms in total. The van der Waals surface area contributed by atoms with Gasteiger partial charge in [0.25, 0.3) is 11.1 Å². The summed E-state index contributed by atoms with van der Waals surface area (Å²) >= 11 is 0. The second-order valence-electron chi connectivity index (χ2n) is 8.07. The summed E-state index contributed by atoms with van der Waals surface area (Å²) in [6.45, 7) is 1.89. The molecule has 3 heterocycles. The van der Waals surface area contributed by atoms with Gasteiger partial charge in [-0.05, 0) is 43.4 Å². The van der Waals surface area contributed by atoms with Crippen LogP contribution in [0.5, 0.6) is 0 Å². The van der Waals surface area contributed by atoms with E-state index in [1.54, 1.807) is 24.3 Å². The molecule has 0 radical (unpaired) electrons. The van der Waals surface area contributed by atoms with Crippen LogP contribution in [-0.2, 0) is 12.7 Å². The van der Waals surface area contributed by atoms with E-state index in [2.05, 4.69) is 25.4 Å². The second-order valence-corrected chi connectivity index (χ2v) is 8.07. The molecule has 0 saturated carbocycles. The smallest absolute Gasteiger partial charge is 0.381 e. The number of hydrogen-bond acceptors (Lipinski definition) is 8. The van der Waals surface area contributed by atoms with Crippen LogP contribution in [0.1, 0.15) is 25.3 Å². The lowest BCUT2D eigenvalue weighted by atomic mass is 10.1. The summed E-state index contributed by atoms with van der Waals surface area (Å²) in [6.07, 6.45) is -0.435. The van der Waals surface area contributed by atoms with E-state index in [1.807, 2.05) is 0 Å². The van der Waals surface area contributed by atoms with Gasteiger partial charge in [-0.3, -0.25) is 9.59 Å². The SMILES string of the molecule is CC(CCCn1ccc2cc(-c3ncnc(N)n3)c(F)cc2c1=O)Nc1cn[nH]c(=O)c1C(F)(F)F. The van der Waals surface area contributed by atoms with Gasteiger partial charge >= 0.3 is 6.18 Å². The van der Waals surface area contributed by atoms with Crippen molar-refractivity contribution in [1.82, 2.24) is 29.7 Å². The van der Waals surface area contributed by atoms with Gasteiger partial charge in [-0.15, -0.1) is 0 Å². The minimum Gasteiger partial charge on any atom is -0.381 e. The molecular weight excluding hydrogens is 484 g/mol. The van der Waals surface area contributed by atoms with E-state index in [0.717, 1.165) is 18.6 Å². The summed E-state index contributed by atoms with van der Waals surface area (Å²) in [6, 6.07) is 3.74. The van der Waals surface area contributed by atoms with Crippen LogP contribution in [0.3, 0.4) is 0 Å². The Morgan fingerprint density at radius 2 is 2.00 bits per heavy atom. The summed E-state index contributed by atoms with van der Waals surface area (Å²) in [5.41, 5.74) is 2.07. The average molecular weight is 504 g/mol. The van der Waals surface area contributed by atoms with Crippen LogP contribution in [0.4, 0.5) is 29.2 Å². The molecule has 1 unspecified atom stereocenters. The monoisotopic (exact) mass is 504 g/mol. The number of nitrogens with two attached hydrogens (primary N) is 1. The maximum atomic E-state index is 14.8. The van der Waals surface area contributed by atoms with Crippen molar-refractivity contribution >= 4 is 22.4 Å². The highest BCUT2D eigenvalue weighted by molar-refractivity contribution is 5.86. The summed E-state index contributed by atoms with van der Waals surface area (Å²) in [5, 5.41) is 8.48. The minimum atomic E-state index is -4.84. The number of rotatable bonds is 7. The number of pyridine rings is 1. The Morgan fingerprint density at radius 3 is 2.72 bits per heavy atom. The maximum absolute atomic E-state index is 14.8. The molecule has 4 rings (SSSR count). The third kappa shape index (κ3) is 5.16. The Morgan fingerprint density at radius 1 is 1.22 bits per heavy atom. The zero-order valence-electron chi connectivity index (χ0n) is 18.8. The largest absolute Gasteiger partial charge is 0.423 e. The fraction of sp³-hybridized carbons (Fsp3) is 0.273. The number of nitrogens with zero attached hydrogens (tertiary/aromatic N) is 5. The number of fused-ring (bicyclic) bond motifs is 1. The molecule has 1 atom stereocenters. The molecule has 188 valence electrons. The Labute approximate surface area is 200 Å². The predicted octanol–water partition coefficient (Wildman–Crippen LogP) is 2.96. The number of alkyl halides is 3. The van der Waals surface area contributed by atoms with Gasteiger partial charge in [-0.2, -0.15) is 23.3 Å². The molecule has 4 N–H and O–H groups in total. The summed E-state index contributed by atoms with van der Waals surface area (Å²) in [5.74, 6) is -0.729. The summed E-state index contributed by atoms with van der Waals surface area (Å²) < 4.78 is 55.8. The highest BCUT2D eigenvalue weighted by atomic mass is 19.4. The Kier molecular flexibility index (Phi) is 6.68. The van der Waals surface area contributed by atoms with Gasteiger partial charge < -0.3 is 15.6 Å². The molecule has 36 heavy (non-hydrogen) atoms. The highest BCUT2D eigenvalue weighted by Crippen LogP contribution is 2.32. The van der Waals surface area contributed by atoms with E-state index < -0.39 is 40.4 Å². The quantitative estimate of drug-likeness (QED) is 0.326. The number of nitrogen functional groups attached to an aromatic ring is 1. The Hall–Kier alpha value is -4.36. The van der Waals surface area contributed by atoms with Crippen LogP contribution < -0.4 is 22.2 Å². The molecule has 4 aromatic rings. The molecule has 0 aliphatic heterocycles. The third-order valence-electron chi connectivity index (χ3n) is 5.47. The molecular formula is C22H20F4N8O2. The van der Waals surface area contributed by atoms with E-state index >= 15 is 0 Å². The first kappa shape index (κ1) is 24.8.